The van der Waals surface area contributed by atoms with Gasteiger partial charge in [-0.25, -0.2) is 4.98 Å². The number of alkyl halides is 3. The Kier molecular flexibility index (Phi) is 6.64. The molecule has 1 N–H and O–H groups in total. The highest BCUT2D eigenvalue weighted by atomic mass is 19.4. The molecule has 1 aromatic carbocycles. The first-order valence-electron chi connectivity index (χ1n) is 11.3. The van der Waals surface area contributed by atoms with Crippen LogP contribution < -0.4 is 5.32 Å². The number of amides is 2. The molecule has 0 atom stereocenters. The lowest BCUT2D eigenvalue weighted by atomic mass is 9.98. The molecule has 4 rings (SSSR count). The predicted molar refractivity (Wildman–Crippen MR) is 125 cm³/mol. The zero-order valence-electron chi connectivity index (χ0n) is 19.5. The Labute approximate surface area is 201 Å². The van der Waals surface area contributed by atoms with Gasteiger partial charge >= 0.3 is 6.18 Å². The molecule has 0 spiro atoms. The van der Waals surface area contributed by atoms with Crippen LogP contribution in [0.2, 0.25) is 0 Å². The zero-order valence-corrected chi connectivity index (χ0v) is 19.5. The van der Waals surface area contributed by atoms with Crippen LogP contribution in [0.15, 0.2) is 59.7 Å². The Hall–Kier alpha value is -3.69. The number of nitrogens with zero attached hydrogens (tertiary/aromatic N) is 4. The minimum atomic E-state index is -4.64. The fraction of sp³-hybridized carbons (Fsp3) is 0.360. The molecule has 10 heteroatoms. The predicted octanol–water partition coefficient (Wildman–Crippen LogP) is 3.60. The topological polar surface area (TPSA) is 77.9 Å². The van der Waals surface area contributed by atoms with Gasteiger partial charge in [-0.15, -0.1) is 0 Å². The van der Waals surface area contributed by atoms with E-state index in [1.165, 1.54) is 17.0 Å². The van der Waals surface area contributed by atoms with Crippen LogP contribution in [-0.4, -0.2) is 64.2 Å². The normalized spacial score (nSPS) is 18.2. The van der Waals surface area contributed by atoms with Gasteiger partial charge in [-0.1, -0.05) is 36.4 Å². The molecular weight excluding hydrogens is 459 g/mol. The van der Waals surface area contributed by atoms with Crippen molar-refractivity contribution >= 4 is 23.2 Å². The van der Waals surface area contributed by atoms with E-state index in [9.17, 15) is 22.8 Å². The van der Waals surface area contributed by atoms with Crippen LogP contribution in [0.25, 0.3) is 5.57 Å². The summed E-state index contributed by atoms with van der Waals surface area (Å²) in [6, 6.07) is 13.1. The summed E-state index contributed by atoms with van der Waals surface area (Å²) in [6.07, 6.45) is -2.16. The van der Waals surface area contributed by atoms with E-state index in [-0.39, 0.29) is 37.1 Å². The average molecular weight is 486 g/mol. The number of pyridine rings is 1. The number of carbonyl (C=O) groups excluding carboxylic acids is 2. The van der Waals surface area contributed by atoms with Crippen molar-refractivity contribution in [2.24, 2.45) is 4.99 Å². The van der Waals surface area contributed by atoms with E-state index >= 15 is 0 Å². The van der Waals surface area contributed by atoms with Crippen molar-refractivity contribution in [2.75, 3.05) is 26.2 Å². The van der Waals surface area contributed by atoms with Crippen LogP contribution in [0.4, 0.5) is 13.2 Å². The third-order valence-electron chi connectivity index (χ3n) is 6.07. The van der Waals surface area contributed by atoms with Crippen molar-refractivity contribution < 1.29 is 22.8 Å². The Morgan fingerprint density at radius 2 is 1.74 bits per heavy atom. The lowest BCUT2D eigenvalue weighted by molar-refractivity contribution is -0.141. The van der Waals surface area contributed by atoms with E-state index in [1.807, 2.05) is 44.2 Å². The molecule has 0 unspecified atom stereocenters. The standard InChI is InChI=1S/C25H26F3N5O2/c1-24(2)16-32(22(34)19-9-6-10-20(31-19)25(26,27)28)13-14-33(24)23(35)21-29-12-11-18(15-30-21)17-7-4-3-5-8-17/h3-10,15H,11-14,16H2,1-2H3,(H,29,30). The first kappa shape index (κ1) is 24.4. The third kappa shape index (κ3) is 5.36. The van der Waals surface area contributed by atoms with Crippen LogP contribution >= 0.6 is 0 Å². The molecule has 3 heterocycles. The van der Waals surface area contributed by atoms with Gasteiger partial charge < -0.3 is 15.1 Å². The van der Waals surface area contributed by atoms with Gasteiger partial charge in [-0.3, -0.25) is 14.6 Å². The van der Waals surface area contributed by atoms with Crippen LogP contribution in [0.1, 0.15) is 42.0 Å². The van der Waals surface area contributed by atoms with Crippen molar-refractivity contribution in [3.63, 3.8) is 0 Å². The summed E-state index contributed by atoms with van der Waals surface area (Å²) in [5.74, 6) is -0.662. The number of hydrogen-bond acceptors (Lipinski definition) is 5. The molecular formula is C25H26F3N5O2. The van der Waals surface area contributed by atoms with Crippen molar-refractivity contribution in [3.05, 3.63) is 71.7 Å². The number of halogens is 3. The Balaban J connectivity index is 1.45. The quantitative estimate of drug-likeness (QED) is 0.721. The molecule has 0 radical (unpaired) electrons. The summed E-state index contributed by atoms with van der Waals surface area (Å²) in [7, 11) is 0. The molecule has 1 fully saturated rings. The van der Waals surface area contributed by atoms with E-state index in [0.717, 1.165) is 17.2 Å². The lowest BCUT2D eigenvalue weighted by Gasteiger charge is -2.47. The van der Waals surface area contributed by atoms with Gasteiger partial charge in [0.25, 0.3) is 11.8 Å². The largest absolute Gasteiger partial charge is 0.433 e. The summed E-state index contributed by atoms with van der Waals surface area (Å²) >= 11 is 0. The van der Waals surface area contributed by atoms with E-state index < -0.39 is 23.3 Å². The summed E-state index contributed by atoms with van der Waals surface area (Å²) in [5, 5.41) is 3.04. The summed E-state index contributed by atoms with van der Waals surface area (Å²) < 4.78 is 39.0. The molecule has 0 saturated carbocycles. The number of rotatable bonds is 3. The second-order valence-electron chi connectivity index (χ2n) is 9.06. The van der Waals surface area contributed by atoms with Crippen molar-refractivity contribution in [3.8, 4) is 0 Å². The molecule has 184 valence electrons. The molecule has 7 nitrogen and oxygen atoms in total. The van der Waals surface area contributed by atoms with E-state index in [1.54, 1.807) is 11.1 Å². The number of piperazine rings is 1. The second-order valence-corrected chi connectivity index (χ2v) is 9.06. The maximum atomic E-state index is 13.3. The van der Waals surface area contributed by atoms with Crippen molar-refractivity contribution in [1.29, 1.82) is 0 Å². The number of aliphatic imine (C=N–C) groups is 1. The van der Waals surface area contributed by atoms with E-state index in [0.29, 0.717) is 13.0 Å². The maximum absolute atomic E-state index is 13.3. The summed E-state index contributed by atoms with van der Waals surface area (Å²) in [4.78, 5) is 37.3. The fourth-order valence-corrected chi connectivity index (χ4v) is 4.28. The zero-order chi connectivity index (χ0) is 25.2. The highest BCUT2D eigenvalue weighted by Gasteiger charge is 2.41. The highest BCUT2D eigenvalue weighted by Crippen LogP contribution is 2.28. The second kappa shape index (κ2) is 9.52. The van der Waals surface area contributed by atoms with Crippen molar-refractivity contribution in [1.82, 2.24) is 20.1 Å². The van der Waals surface area contributed by atoms with Gasteiger partial charge in [0.15, 0.2) is 5.84 Å². The van der Waals surface area contributed by atoms with Crippen LogP contribution in [0, 0.1) is 0 Å². The summed E-state index contributed by atoms with van der Waals surface area (Å²) in [6.45, 7) is 4.61. The van der Waals surface area contributed by atoms with Crippen LogP contribution in [0.3, 0.4) is 0 Å². The first-order chi connectivity index (χ1) is 16.6. The van der Waals surface area contributed by atoms with Gasteiger partial charge in [0, 0.05) is 32.4 Å². The van der Waals surface area contributed by atoms with Gasteiger partial charge in [-0.05, 0) is 43.5 Å². The molecule has 1 aromatic heterocycles. The smallest absolute Gasteiger partial charge is 0.342 e. The molecule has 35 heavy (non-hydrogen) atoms. The maximum Gasteiger partial charge on any atom is 0.433 e. The van der Waals surface area contributed by atoms with Gasteiger partial charge in [0.1, 0.15) is 11.4 Å². The average Bonchev–Trinajstić information content (AvgIpc) is 3.09. The molecule has 1 saturated heterocycles. The van der Waals surface area contributed by atoms with E-state index in [4.69, 9.17) is 0 Å². The number of benzene rings is 1. The van der Waals surface area contributed by atoms with Gasteiger partial charge in [0.05, 0.1) is 5.54 Å². The molecule has 2 aromatic rings. The summed E-state index contributed by atoms with van der Waals surface area (Å²) in [5.41, 5.74) is -0.0599. The third-order valence-corrected chi connectivity index (χ3v) is 6.07. The monoisotopic (exact) mass is 485 g/mol. The number of carbonyl (C=O) groups is 2. The number of aromatic nitrogens is 1. The van der Waals surface area contributed by atoms with Gasteiger partial charge in [-0.2, -0.15) is 13.2 Å². The highest BCUT2D eigenvalue weighted by molar-refractivity contribution is 6.38. The van der Waals surface area contributed by atoms with Crippen LogP contribution in [0.5, 0.6) is 0 Å². The SMILES string of the molecule is CC1(C)CN(C(=O)c2cccc(C(F)(F)F)n2)CCN1C(=O)C1=NCCC(c2ccccc2)=CN1. The molecule has 2 aliphatic rings. The van der Waals surface area contributed by atoms with Gasteiger partial charge in [0.2, 0.25) is 0 Å². The van der Waals surface area contributed by atoms with Crippen molar-refractivity contribution in [2.45, 2.75) is 32.0 Å². The molecule has 0 aliphatic carbocycles. The van der Waals surface area contributed by atoms with E-state index in [2.05, 4.69) is 15.3 Å². The molecule has 2 aliphatic heterocycles. The number of hydrogen-bond donors (Lipinski definition) is 1. The Morgan fingerprint density at radius 3 is 2.43 bits per heavy atom. The lowest BCUT2D eigenvalue weighted by Crippen LogP contribution is -2.64. The molecule has 0 bridgehead atoms. The number of nitrogens with one attached hydrogen (secondary N) is 1. The Morgan fingerprint density at radius 1 is 1.00 bits per heavy atom. The van der Waals surface area contributed by atoms with Crippen LogP contribution in [-0.2, 0) is 11.0 Å². The first-order valence-corrected chi connectivity index (χ1v) is 11.3. The minimum Gasteiger partial charge on any atom is -0.342 e. The number of amidine groups is 1. The minimum absolute atomic E-state index is 0.147. The Bertz CT molecular complexity index is 1180. The molecule has 2 amide bonds. The fourth-order valence-electron chi connectivity index (χ4n) is 4.28.